The predicted molar refractivity (Wildman–Crippen MR) is 190 cm³/mol. The Labute approximate surface area is 276 Å². The molecule has 0 aliphatic heterocycles. The highest BCUT2D eigenvalue weighted by Crippen LogP contribution is 2.19. The molecule has 45 heavy (non-hydrogen) atoms. The number of likely N-dealkylation sites (N-methyl/N-ethyl adjacent to an activating group) is 1. The van der Waals surface area contributed by atoms with Crippen LogP contribution in [0, 0.1) is 30.6 Å². The maximum absolute atomic E-state index is 11.2. The third kappa shape index (κ3) is 32.7. The molecular formula is C38H69NO6. The molecule has 0 radical (unpaired) electrons. The number of hydrogen-bond donors (Lipinski definition) is 1. The molecule has 0 spiro atoms. The van der Waals surface area contributed by atoms with Gasteiger partial charge in [-0.25, -0.2) is 0 Å². The van der Waals surface area contributed by atoms with E-state index in [9.17, 15) is 24.0 Å². The van der Waals surface area contributed by atoms with Gasteiger partial charge in [0.1, 0.15) is 28.9 Å². The highest BCUT2D eigenvalue weighted by atomic mass is 16.3. The van der Waals surface area contributed by atoms with Crippen LogP contribution in [0.15, 0.2) is 24.3 Å². The van der Waals surface area contributed by atoms with E-state index < -0.39 is 0 Å². The maximum atomic E-state index is 11.2. The Hall–Kier alpha value is -2.51. The summed E-state index contributed by atoms with van der Waals surface area (Å²) in [7, 11) is 3.75. The molecule has 7 heteroatoms. The number of aryl methyl sites for hydroxylation is 1. The molecule has 0 saturated heterocycles. The third-order valence-electron chi connectivity index (χ3n) is 7.39. The first-order valence-corrected chi connectivity index (χ1v) is 16.7. The summed E-state index contributed by atoms with van der Waals surface area (Å²) >= 11 is 0. The van der Waals surface area contributed by atoms with Crippen LogP contribution in [-0.4, -0.2) is 66.2 Å². The Morgan fingerprint density at radius 1 is 0.689 bits per heavy atom. The fraction of sp³-hybridized carbons (Fsp3) is 0.711. The monoisotopic (exact) mass is 636 g/mol. The first kappa shape index (κ1) is 49.4. The zero-order valence-electron chi connectivity index (χ0n) is 31.4. The first-order chi connectivity index (χ1) is 20.9. The summed E-state index contributed by atoms with van der Waals surface area (Å²) in [5, 5.41) is 8.48. The second-order valence-electron chi connectivity index (χ2n) is 12.2. The van der Waals surface area contributed by atoms with Crippen molar-refractivity contribution in [2.24, 2.45) is 23.7 Å². The lowest BCUT2D eigenvalue weighted by atomic mass is 9.87. The molecule has 0 aliphatic carbocycles. The Morgan fingerprint density at radius 3 is 1.31 bits per heavy atom. The second-order valence-corrected chi connectivity index (χ2v) is 12.2. The van der Waals surface area contributed by atoms with E-state index in [1.807, 2.05) is 32.8 Å². The molecule has 4 unspecified atom stereocenters. The van der Waals surface area contributed by atoms with Gasteiger partial charge in [0.05, 0.1) is 13.2 Å². The van der Waals surface area contributed by atoms with E-state index in [0.29, 0.717) is 29.9 Å². The number of carbonyl (C=O) groups excluding carboxylic acids is 5. The van der Waals surface area contributed by atoms with Gasteiger partial charge < -0.3 is 14.8 Å². The Kier molecular flexibility index (Phi) is 34.5. The molecule has 0 saturated carbocycles. The van der Waals surface area contributed by atoms with Crippen molar-refractivity contribution in [3.05, 3.63) is 35.4 Å². The van der Waals surface area contributed by atoms with Crippen molar-refractivity contribution in [2.75, 3.05) is 27.2 Å². The number of Topliss-reactive ketones (excluding diaryl/α,β-unsaturated/α-hetero) is 5. The Bertz CT molecular complexity index is 919. The van der Waals surface area contributed by atoms with Gasteiger partial charge in [0, 0.05) is 24.2 Å². The number of aliphatic hydroxyl groups excluding tert-OH is 1. The van der Waals surface area contributed by atoms with E-state index in [2.05, 4.69) is 58.9 Å². The van der Waals surface area contributed by atoms with E-state index >= 15 is 0 Å². The fourth-order valence-corrected chi connectivity index (χ4v) is 4.30. The van der Waals surface area contributed by atoms with Crippen molar-refractivity contribution in [2.45, 2.75) is 128 Å². The number of rotatable bonds is 15. The molecule has 1 N–H and O–H groups in total. The van der Waals surface area contributed by atoms with Crippen molar-refractivity contribution in [1.29, 1.82) is 0 Å². The summed E-state index contributed by atoms with van der Waals surface area (Å²) in [6.45, 7) is 23.0. The van der Waals surface area contributed by atoms with E-state index in [1.165, 1.54) is 18.1 Å². The number of ketones is 5. The van der Waals surface area contributed by atoms with Crippen molar-refractivity contribution >= 4 is 28.9 Å². The van der Waals surface area contributed by atoms with Gasteiger partial charge in [-0.15, -0.1) is 0 Å². The van der Waals surface area contributed by atoms with Gasteiger partial charge in [0.2, 0.25) is 0 Å². The largest absolute Gasteiger partial charge is 0.396 e. The molecule has 1 rings (SSSR count). The summed E-state index contributed by atoms with van der Waals surface area (Å²) in [5.41, 5.74) is 2.53. The number of aliphatic hydroxyl groups is 1. The van der Waals surface area contributed by atoms with Crippen LogP contribution in [0.25, 0.3) is 0 Å². The molecular weight excluding hydrogens is 566 g/mol. The SMILES string of the molecule is CC(=O)CN(C)C.CCC(C)C(CC)C(C)=O.CCC(CO)C(C)=O.CCC(Cc1ccc(C)cc1)C(C)=O.CCCC(C)=O. The van der Waals surface area contributed by atoms with Crippen LogP contribution in [0.1, 0.15) is 126 Å². The minimum Gasteiger partial charge on any atom is -0.396 e. The van der Waals surface area contributed by atoms with Gasteiger partial charge in [-0.2, -0.15) is 0 Å². The lowest BCUT2D eigenvalue weighted by Crippen LogP contribution is -2.18. The fourth-order valence-electron chi connectivity index (χ4n) is 4.30. The minimum absolute atomic E-state index is 0.00810. The normalized spacial score (nSPS) is 12.5. The van der Waals surface area contributed by atoms with Gasteiger partial charge in [0.25, 0.3) is 0 Å². The molecule has 0 heterocycles. The van der Waals surface area contributed by atoms with Crippen LogP contribution >= 0.6 is 0 Å². The molecule has 7 nitrogen and oxygen atoms in total. The second kappa shape index (κ2) is 31.5. The van der Waals surface area contributed by atoms with E-state index in [-0.39, 0.29) is 35.8 Å². The lowest BCUT2D eigenvalue weighted by molar-refractivity contribution is -0.123. The van der Waals surface area contributed by atoms with Crippen LogP contribution < -0.4 is 0 Å². The molecule has 4 atom stereocenters. The van der Waals surface area contributed by atoms with E-state index in [0.717, 1.165) is 44.9 Å². The van der Waals surface area contributed by atoms with Crippen LogP contribution in [-0.2, 0) is 30.4 Å². The molecule has 0 aliphatic rings. The van der Waals surface area contributed by atoms with Gasteiger partial charge in [-0.05, 0) is 99.2 Å². The van der Waals surface area contributed by atoms with Crippen molar-refractivity contribution in [3.63, 3.8) is 0 Å². The topological polar surface area (TPSA) is 109 Å². The van der Waals surface area contributed by atoms with Crippen molar-refractivity contribution in [3.8, 4) is 0 Å². The lowest BCUT2D eigenvalue weighted by Gasteiger charge is -2.17. The van der Waals surface area contributed by atoms with Gasteiger partial charge in [-0.1, -0.05) is 77.8 Å². The number of carbonyl (C=O) groups is 5. The summed E-state index contributed by atoms with van der Waals surface area (Å²) in [4.78, 5) is 54.8. The van der Waals surface area contributed by atoms with Crippen LogP contribution in [0.5, 0.6) is 0 Å². The number of hydrogen-bond acceptors (Lipinski definition) is 7. The summed E-state index contributed by atoms with van der Waals surface area (Å²) < 4.78 is 0. The van der Waals surface area contributed by atoms with Crippen molar-refractivity contribution < 1.29 is 29.1 Å². The zero-order valence-corrected chi connectivity index (χ0v) is 31.4. The number of benzene rings is 1. The molecule has 0 fully saturated rings. The average Bonchev–Trinajstić information content (AvgIpc) is 2.93. The third-order valence-corrected chi connectivity index (χ3v) is 7.39. The van der Waals surface area contributed by atoms with Crippen LogP contribution in [0.2, 0.25) is 0 Å². The summed E-state index contributed by atoms with van der Waals surface area (Å²) in [6.07, 6.45) is 6.37. The quantitative estimate of drug-likeness (QED) is 0.209. The van der Waals surface area contributed by atoms with E-state index in [1.54, 1.807) is 27.7 Å². The molecule has 262 valence electrons. The van der Waals surface area contributed by atoms with Crippen LogP contribution in [0.3, 0.4) is 0 Å². The van der Waals surface area contributed by atoms with Crippen molar-refractivity contribution in [1.82, 2.24) is 4.90 Å². The highest BCUT2D eigenvalue weighted by molar-refractivity contribution is 5.79. The molecule has 0 aromatic heterocycles. The average molecular weight is 636 g/mol. The van der Waals surface area contributed by atoms with Crippen LogP contribution in [0.4, 0.5) is 0 Å². The minimum atomic E-state index is -0.130. The molecule has 1 aromatic rings. The highest BCUT2D eigenvalue weighted by Gasteiger charge is 2.17. The zero-order chi connectivity index (χ0) is 36.1. The Morgan fingerprint density at radius 2 is 1.16 bits per heavy atom. The summed E-state index contributed by atoms with van der Waals surface area (Å²) in [6, 6.07) is 8.42. The van der Waals surface area contributed by atoms with Gasteiger partial charge in [0.15, 0.2) is 0 Å². The maximum Gasteiger partial charge on any atom is 0.143 e. The molecule has 0 amide bonds. The smallest absolute Gasteiger partial charge is 0.143 e. The molecule has 0 bridgehead atoms. The number of nitrogens with zero attached hydrogens (tertiary/aromatic N) is 1. The van der Waals surface area contributed by atoms with Gasteiger partial charge >= 0.3 is 0 Å². The molecule has 1 aromatic carbocycles. The first-order valence-electron chi connectivity index (χ1n) is 16.7. The van der Waals surface area contributed by atoms with E-state index in [4.69, 9.17) is 5.11 Å². The predicted octanol–water partition coefficient (Wildman–Crippen LogP) is 7.91. The standard InChI is InChI=1S/C13H18O.C9H18O.C6H12O2.C5H11NO.C5H10O/c1-4-13(11(3)14)9-12-7-5-10(2)6-8-12;1-5-7(3)9(6-2)8(4)10;1-3-6(4-7)5(2)8;1-5(7)4-6(2)3;1-3-4-5(2)6/h5-8,13H,4,9H2,1-3H3;7,9H,5-6H2,1-4H3;6-7H,3-4H2,1-2H3;4H2,1-3H3;3-4H2,1-2H3. The van der Waals surface area contributed by atoms with Gasteiger partial charge in [-0.3, -0.25) is 19.2 Å². The Balaban J connectivity index is -0.000000243. The summed E-state index contributed by atoms with van der Waals surface area (Å²) in [5.74, 6) is 2.14.